The Morgan fingerprint density at radius 1 is 0.886 bits per heavy atom. The second-order valence-electron chi connectivity index (χ2n) is 9.56. The molecular weight excluding hydrogens is 438 g/mol. The van der Waals surface area contributed by atoms with Gasteiger partial charge >= 0.3 is 5.97 Å². The van der Waals surface area contributed by atoms with Gasteiger partial charge in [-0.25, -0.2) is 0 Å². The number of nitrogens with one attached hydrogen (secondary N) is 1. The van der Waals surface area contributed by atoms with Crippen molar-refractivity contribution >= 4 is 11.9 Å². The minimum atomic E-state index is -0.940. The molecule has 0 bridgehead atoms. The third kappa shape index (κ3) is 6.95. The maximum absolute atomic E-state index is 12.2. The monoisotopic (exact) mass is 473 g/mol. The average Bonchev–Trinajstić information content (AvgIpc) is 2.82. The number of carbonyl (C=O) groups is 2. The van der Waals surface area contributed by atoms with Crippen LogP contribution in [0.2, 0.25) is 0 Å². The number of rotatable bonds is 10. The van der Waals surface area contributed by atoms with E-state index in [2.05, 4.69) is 76.3 Å². The molecule has 0 heterocycles. The molecule has 1 amide bonds. The zero-order chi connectivity index (χ0) is 25.5. The molecule has 5 nitrogen and oxygen atoms in total. The largest absolute Gasteiger partial charge is 0.485 e. The quantitative estimate of drug-likeness (QED) is 0.341. The molecule has 0 aromatic heterocycles. The van der Waals surface area contributed by atoms with E-state index in [1.54, 1.807) is 12.1 Å². The Morgan fingerprint density at radius 3 is 2.06 bits per heavy atom. The van der Waals surface area contributed by atoms with Crippen molar-refractivity contribution in [3.8, 4) is 16.9 Å². The molecule has 0 aliphatic rings. The van der Waals surface area contributed by atoms with Crippen LogP contribution in [0.15, 0.2) is 66.7 Å². The third-order valence-electron chi connectivity index (χ3n) is 6.08. The van der Waals surface area contributed by atoms with Gasteiger partial charge in [-0.15, -0.1) is 0 Å². The van der Waals surface area contributed by atoms with E-state index in [0.717, 1.165) is 16.9 Å². The number of aryl methyl sites for hydroxylation is 1. The standard InChI is InChI=1S/C30H35NO4/c1-19(2)22-6-8-23(9-7-22)27-15-14-26(18-21(27)5)35-29(20(3)4)24-10-12-25(13-11-24)30(34)31-17-16-28(32)33/h6-15,18-20,29H,16-17H2,1-5H3,(H,31,34)(H,32,33). The predicted octanol–water partition coefficient (Wildman–Crippen LogP) is 6.77. The number of ether oxygens (including phenoxy) is 1. The summed E-state index contributed by atoms with van der Waals surface area (Å²) in [4.78, 5) is 22.9. The normalized spacial score (nSPS) is 12.0. The Labute approximate surface area is 208 Å². The Hall–Kier alpha value is -3.60. The predicted molar refractivity (Wildman–Crippen MR) is 140 cm³/mol. The minimum Gasteiger partial charge on any atom is -0.485 e. The van der Waals surface area contributed by atoms with Gasteiger partial charge in [-0.2, -0.15) is 0 Å². The van der Waals surface area contributed by atoms with E-state index in [1.807, 2.05) is 18.2 Å². The highest BCUT2D eigenvalue weighted by molar-refractivity contribution is 5.94. The van der Waals surface area contributed by atoms with Crippen LogP contribution < -0.4 is 10.1 Å². The van der Waals surface area contributed by atoms with Gasteiger partial charge in [0.05, 0.1) is 6.42 Å². The molecule has 1 unspecified atom stereocenters. The van der Waals surface area contributed by atoms with Gasteiger partial charge in [0.15, 0.2) is 0 Å². The summed E-state index contributed by atoms with van der Waals surface area (Å²) in [5.41, 5.74) is 6.33. The smallest absolute Gasteiger partial charge is 0.305 e. The van der Waals surface area contributed by atoms with E-state index in [9.17, 15) is 9.59 Å². The van der Waals surface area contributed by atoms with Crippen LogP contribution in [-0.2, 0) is 4.79 Å². The third-order valence-corrected chi connectivity index (χ3v) is 6.08. The second-order valence-corrected chi connectivity index (χ2v) is 9.56. The van der Waals surface area contributed by atoms with Crippen LogP contribution in [0.3, 0.4) is 0 Å². The van der Waals surface area contributed by atoms with Crippen molar-refractivity contribution in [2.45, 2.75) is 53.1 Å². The van der Waals surface area contributed by atoms with E-state index < -0.39 is 5.97 Å². The van der Waals surface area contributed by atoms with Gasteiger partial charge in [-0.1, -0.05) is 70.2 Å². The molecule has 3 aromatic carbocycles. The molecule has 1 atom stereocenters. The number of aliphatic carboxylic acids is 1. The molecule has 5 heteroatoms. The van der Waals surface area contributed by atoms with E-state index in [1.165, 1.54) is 16.7 Å². The van der Waals surface area contributed by atoms with Gasteiger partial charge in [0.25, 0.3) is 5.91 Å². The first-order valence-electron chi connectivity index (χ1n) is 12.1. The molecule has 0 spiro atoms. The highest BCUT2D eigenvalue weighted by Gasteiger charge is 2.19. The van der Waals surface area contributed by atoms with Crippen molar-refractivity contribution in [3.63, 3.8) is 0 Å². The lowest BCUT2D eigenvalue weighted by Crippen LogP contribution is -2.26. The van der Waals surface area contributed by atoms with Crippen LogP contribution >= 0.6 is 0 Å². The Morgan fingerprint density at radius 2 is 1.51 bits per heavy atom. The lowest BCUT2D eigenvalue weighted by atomic mass is 9.96. The first kappa shape index (κ1) is 26.0. The van der Waals surface area contributed by atoms with Crippen molar-refractivity contribution in [1.82, 2.24) is 5.32 Å². The number of benzene rings is 3. The fourth-order valence-electron chi connectivity index (χ4n) is 4.03. The van der Waals surface area contributed by atoms with Crippen LogP contribution in [0.25, 0.3) is 11.1 Å². The summed E-state index contributed by atoms with van der Waals surface area (Å²) < 4.78 is 6.41. The number of hydrogen-bond donors (Lipinski definition) is 2. The number of carboxylic acid groups (broad SMARTS) is 1. The molecule has 0 saturated carbocycles. The van der Waals surface area contributed by atoms with E-state index >= 15 is 0 Å². The lowest BCUT2D eigenvalue weighted by molar-refractivity contribution is -0.136. The molecule has 3 rings (SSSR count). The second kappa shape index (κ2) is 11.7. The Bertz CT molecular complexity index is 1150. The number of hydrogen-bond acceptors (Lipinski definition) is 3. The maximum atomic E-state index is 12.2. The topological polar surface area (TPSA) is 75.6 Å². The van der Waals surface area contributed by atoms with Crippen LogP contribution in [-0.4, -0.2) is 23.5 Å². The van der Waals surface area contributed by atoms with Gasteiger partial charge in [0, 0.05) is 12.1 Å². The zero-order valence-corrected chi connectivity index (χ0v) is 21.2. The summed E-state index contributed by atoms with van der Waals surface area (Å²) in [6, 6.07) is 22.2. The Balaban J connectivity index is 1.73. The van der Waals surface area contributed by atoms with Crippen molar-refractivity contribution in [2.24, 2.45) is 5.92 Å². The fourth-order valence-corrected chi connectivity index (χ4v) is 4.03. The number of carboxylic acids is 1. The lowest BCUT2D eigenvalue weighted by Gasteiger charge is -2.24. The molecule has 0 fully saturated rings. The van der Waals surface area contributed by atoms with Crippen LogP contribution in [0, 0.1) is 12.8 Å². The molecule has 2 N–H and O–H groups in total. The van der Waals surface area contributed by atoms with Crippen LogP contribution in [0.1, 0.15) is 73.2 Å². The fraction of sp³-hybridized carbons (Fsp3) is 0.333. The van der Waals surface area contributed by atoms with E-state index in [4.69, 9.17) is 9.84 Å². The number of carbonyl (C=O) groups excluding carboxylic acids is 1. The summed E-state index contributed by atoms with van der Waals surface area (Å²) in [6.45, 7) is 10.8. The molecule has 3 aromatic rings. The molecule has 0 saturated heterocycles. The minimum absolute atomic E-state index is 0.102. The highest BCUT2D eigenvalue weighted by atomic mass is 16.5. The summed E-state index contributed by atoms with van der Waals surface area (Å²) in [6.07, 6.45) is -0.274. The summed E-state index contributed by atoms with van der Waals surface area (Å²) in [5, 5.41) is 11.3. The van der Waals surface area contributed by atoms with Crippen molar-refractivity contribution < 1.29 is 19.4 Å². The van der Waals surface area contributed by atoms with Crippen LogP contribution in [0.5, 0.6) is 5.75 Å². The first-order chi connectivity index (χ1) is 16.7. The number of amides is 1. The molecule has 35 heavy (non-hydrogen) atoms. The maximum Gasteiger partial charge on any atom is 0.305 e. The molecule has 0 aliphatic carbocycles. The average molecular weight is 474 g/mol. The molecular formula is C30H35NO4. The molecule has 184 valence electrons. The van der Waals surface area contributed by atoms with E-state index in [-0.39, 0.29) is 30.9 Å². The molecule has 0 radical (unpaired) electrons. The summed E-state index contributed by atoms with van der Waals surface area (Å²) in [7, 11) is 0. The summed E-state index contributed by atoms with van der Waals surface area (Å²) in [5.74, 6) is 0.305. The molecule has 0 aliphatic heterocycles. The van der Waals surface area contributed by atoms with Gasteiger partial charge < -0.3 is 15.2 Å². The van der Waals surface area contributed by atoms with Gasteiger partial charge in [0.2, 0.25) is 0 Å². The van der Waals surface area contributed by atoms with Gasteiger partial charge in [-0.05, 0) is 70.8 Å². The van der Waals surface area contributed by atoms with E-state index in [0.29, 0.717) is 11.5 Å². The van der Waals surface area contributed by atoms with Crippen molar-refractivity contribution in [1.29, 1.82) is 0 Å². The van der Waals surface area contributed by atoms with Gasteiger partial charge in [0.1, 0.15) is 11.9 Å². The Kier molecular flexibility index (Phi) is 8.69. The highest BCUT2D eigenvalue weighted by Crippen LogP contribution is 2.32. The zero-order valence-electron chi connectivity index (χ0n) is 21.2. The first-order valence-corrected chi connectivity index (χ1v) is 12.1. The SMILES string of the molecule is Cc1cc(OC(c2ccc(C(=O)NCCC(=O)O)cc2)C(C)C)ccc1-c1ccc(C(C)C)cc1. The van der Waals surface area contributed by atoms with Crippen molar-refractivity contribution in [3.05, 3.63) is 89.0 Å². The van der Waals surface area contributed by atoms with Crippen molar-refractivity contribution in [2.75, 3.05) is 6.54 Å². The van der Waals surface area contributed by atoms with Crippen LogP contribution in [0.4, 0.5) is 0 Å². The van der Waals surface area contributed by atoms with Gasteiger partial charge in [-0.3, -0.25) is 9.59 Å². The summed E-state index contributed by atoms with van der Waals surface area (Å²) >= 11 is 0.